The van der Waals surface area contributed by atoms with Crippen molar-refractivity contribution < 1.29 is 8.42 Å². The van der Waals surface area contributed by atoms with Gasteiger partial charge in [0, 0.05) is 12.1 Å². The fraction of sp³-hybridized carbons (Fsp3) is 1.00. The van der Waals surface area contributed by atoms with Gasteiger partial charge in [0.1, 0.15) is 0 Å². The molecular weight excluding hydrogens is 236 g/mol. The summed E-state index contributed by atoms with van der Waals surface area (Å²) in [5.41, 5.74) is 5.95. The molecule has 0 unspecified atom stereocenters. The quantitative estimate of drug-likeness (QED) is 0.784. The standard InChI is InChI=1S/C12H24N2O2S/c13-11-6-1-2-7-12(11)14-17(15,16)9-8-10-4-3-5-10/h10-12,14H,1-9,13H2/t11-,12-/m1/s1. The second kappa shape index (κ2) is 5.67. The van der Waals surface area contributed by atoms with E-state index in [0.717, 1.165) is 32.1 Å². The van der Waals surface area contributed by atoms with Crippen molar-refractivity contribution in [3.63, 3.8) is 0 Å². The molecule has 2 saturated carbocycles. The van der Waals surface area contributed by atoms with E-state index in [0.29, 0.717) is 5.92 Å². The van der Waals surface area contributed by atoms with Crippen molar-refractivity contribution in [3.8, 4) is 0 Å². The van der Waals surface area contributed by atoms with Gasteiger partial charge in [-0.05, 0) is 25.2 Å². The Kier molecular flexibility index (Phi) is 4.44. The van der Waals surface area contributed by atoms with E-state index in [-0.39, 0.29) is 17.8 Å². The Balaban J connectivity index is 1.78. The van der Waals surface area contributed by atoms with Gasteiger partial charge >= 0.3 is 0 Å². The molecule has 17 heavy (non-hydrogen) atoms. The summed E-state index contributed by atoms with van der Waals surface area (Å²) in [4.78, 5) is 0. The number of hydrogen-bond acceptors (Lipinski definition) is 3. The van der Waals surface area contributed by atoms with Crippen LogP contribution >= 0.6 is 0 Å². The largest absolute Gasteiger partial charge is 0.326 e. The summed E-state index contributed by atoms with van der Waals surface area (Å²) in [7, 11) is -3.12. The van der Waals surface area contributed by atoms with Crippen LogP contribution in [-0.2, 0) is 10.0 Å². The second-order valence-electron chi connectivity index (χ2n) is 5.58. The number of nitrogens with two attached hydrogens (primary N) is 1. The van der Waals surface area contributed by atoms with Crippen LogP contribution < -0.4 is 10.5 Å². The summed E-state index contributed by atoms with van der Waals surface area (Å²) < 4.78 is 26.6. The SMILES string of the molecule is N[C@@H]1CCCC[C@H]1NS(=O)(=O)CCC1CCC1. The molecule has 2 fully saturated rings. The molecule has 0 spiro atoms. The molecule has 0 aromatic heterocycles. The normalized spacial score (nSPS) is 31.1. The van der Waals surface area contributed by atoms with Crippen molar-refractivity contribution in [2.75, 3.05) is 5.75 Å². The van der Waals surface area contributed by atoms with Crippen LogP contribution in [0.4, 0.5) is 0 Å². The molecular formula is C12H24N2O2S. The first kappa shape index (κ1) is 13.3. The topological polar surface area (TPSA) is 72.2 Å². The summed E-state index contributed by atoms with van der Waals surface area (Å²) in [6.07, 6.45) is 8.55. The lowest BCUT2D eigenvalue weighted by molar-refractivity contribution is 0.306. The monoisotopic (exact) mass is 260 g/mol. The van der Waals surface area contributed by atoms with Crippen LogP contribution in [0.3, 0.4) is 0 Å². The van der Waals surface area contributed by atoms with Gasteiger partial charge in [-0.25, -0.2) is 13.1 Å². The molecule has 0 aliphatic heterocycles. The molecule has 100 valence electrons. The smallest absolute Gasteiger partial charge is 0.211 e. The minimum atomic E-state index is -3.12. The number of hydrogen-bond donors (Lipinski definition) is 2. The van der Waals surface area contributed by atoms with E-state index < -0.39 is 10.0 Å². The van der Waals surface area contributed by atoms with Crippen LogP contribution in [0.1, 0.15) is 51.4 Å². The highest BCUT2D eigenvalue weighted by Crippen LogP contribution is 2.29. The van der Waals surface area contributed by atoms with E-state index in [2.05, 4.69) is 4.72 Å². The van der Waals surface area contributed by atoms with Crippen LogP contribution in [0.25, 0.3) is 0 Å². The van der Waals surface area contributed by atoms with Gasteiger partial charge < -0.3 is 5.73 Å². The highest BCUT2D eigenvalue weighted by atomic mass is 32.2. The number of nitrogens with one attached hydrogen (secondary N) is 1. The highest BCUT2D eigenvalue weighted by Gasteiger charge is 2.27. The fourth-order valence-corrected chi connectivity index (χ4v) is 4.21. The third-order valence-electron chi connectivity index (χ3n) is 4.17. The molecule has 0 saturated heterocycles. The maximum atomic E-state index is 11.9. The third-order valence-corrected chi connectivity index (χ3v) is 5.60. The molecule has 2 atom stereocenters. The Morgan fingerprint density at radius 1 is 1.06 bits per heavy atom. The lowest BCUT2D eigenvalue weighted by Crippen LogP contribution is -2.49. The summed E-state index contributed by atoms with van der Waals surface area (Å²) in [6, 6.07) is -0.0302. The summed E-state index contributed by atoms with van der Waals surface area (Å²) in [6.45, 7) is 0. The van der Waals surface area contributed by atoms with Gasteiger partial charge in [0.25, 0.3) is 0 Å². The molecule has 0 heterocycles. The Labute approximate surface area is 104 Å². The molecule has 4 nitrogen and oxygen atoms in total. The van der Waals surface area contributed by atoms with E-state index in [9.17, 15) is 8.42 Å². The summed E-state index contributed by atoms with van der Waals surface area (Å²) >= 11 is 0. The molecule has 2 rings (SSSR count). The molecule has 0 aromatic rings. The first-order chi connectivity index (χ1) is 8.07. The molecule has 0 aromatic carbocycles. The molecule has 3 N–H and O–H groups in total. The molecule has 2 aliphatic carbocycles. The van der Waals surface area contributed by atoms with Crippen molar-refractivity contribution in [2.24, 2.45) is 11.7 Å². The Bertz CT molecular complexity index is 338. The van der Waals surface area contributed by atoms with Crippen molar-refractivity contribution in [3.05, 3.63) is 0 Å². The van der Waals surface area contributed by atoms with Crippen LogP contribution in [0.2, 0.25) is 0 Å². The first-order valence-electron chi connectivity index (χ1n) is 6.82. The first-order valence-corrected chi connectivity index (χ1v) is 8.47. The average molecular weight is 260 g/mol. The van der Waals surface area contributed by atoms with Crippen molar-refractivity contribution in [2.45, 2.75) is 63.5 Å². The van der Waals surface area contributed by atoms with Gasteiger partial charge in [-0.15, -0.1) is 0 Å². The van der Waals surface area contributed by atoms with Gasteiger partial charge in [0.2, 0.25) is 10.0 Å². The minimum absolute atomic E-state index is 0.00206. The van der Waals surface area contributed by atoms with E-state index >= 15 is 0 Å². The molecule has 0 amide bonds. The van der Waals surface area contributed by atoms with Gasteiger partial charge in [0.05, 0.1) is 5.75 Å². The number of rotatable bonds is 5. The molecule has 0 bridgehead atoms. The number of sulfonamides is 1. The lowest BCUT2D eigenvalue weighted by Gasteiger charge is -2.30. The maximum absolute atomic E-state index is 11.9. The average Bonchev–Trinajstić information content (AvgIpc) is 2.18. The van der Waals surface area contributed by atoms with Crippen molar-refractivity contribution in [1.29, 1.82) is 0 Å². The van der Waals surface area contributed by atoms with Gasteiger partial charge in [-0.1, -0.05) is 32.1 Å². The zero-order valence-corrected chi connectivity index (χ0v) is 11.2. The third kappa shape index (κ3) is 3.93. The van der Waals surface area contributed by atoms with Crippen molar-refractivity contribution >= 4 is 10.0 Å². The van der Waals surface area contributed by atoms with Crippen LogP contribution in [0.15, 0.2) is 0 Å². The van der Waals surface area contributed by atoms with Gasteiger partial charge in [-0.2, -0.15) is 0 Å². The van der Waals surface area contributed by atoms with E-state index in [1.165, 1.54) is 19.3 Å². The van der Waals surface area contributed by atoms with E-state index in [4.69, 9.17) is 5.73 Å². The van der Waals surface area contributed by atoms with Gasteiger partial charge in [-0.3, -0.25) is 0 Å². The highest BCUT2D eigenvalue weighted by molar-refractivity contribution is 7.89. The fourth-order valence-electron chi connectivity index (χ4n) is 2.70. The van der Waals surface area contributed by atoms with E-state index in [1.807, 2.05) is 0 Å². The maximum Gasteiger partial charge on any atom is 0.211 e. The second-order valence-corrected chi connectivity index (χ2v) is 7.45. The Morgan fingerprint density at radius 2 is 1.76 bits per heavy atom. The summed E-state index contributed by atoms with van der Waals surface area (Å²) in [5, 5.41) is 0. The Hall–Kier alpha value is -0.130. The zero-order chi connectivity index (χ0) is 12.3. The predicted octanol–water partition coefficient (Wildman–Crippen LogP) is 1.37. The van der Waals surface area contributed by atoms with Crippen LogP contribution in [0.5, 0.6) is 0 Å². The zero-order valence-electron chi connectivity index (χ0n) is 10.4. The van der Waals surface area contributed by atoms with Crippen molar-refractivity contribution in [1.82, 2.24) is 4.72 Å². The molecule has 0 radical (unpaired) electrons. The Morgan fingerprint density at radius 3 is 2.35 bits per heavy atom. The van der Waals surface area contributed by atoms with E-state index in [1.54, 1.807) is 0 Å². The van der Waals surface area contributed by atoms with Gasteiger partial charge in [0.15, 0.2) is 0 Å². The predicted molar refractivity (Wildman–Crippen MR) is 69.1 cm³/mol. The van der Waals surface area contributed by atoms with Crippen LogP contribution in [0, 0.1) is 5.92 Å². The summed E-state index contributed by atoms with van der Waals surface area (Å²) in [5.74, 6) is 0.924. The molecule has 5 heteroatoms. The van der Waals surface area contributed by atoms with Crippen LogP contribution in [-0.4, -0.2) is 26.3 Å². The minimum Gasteiger partial charge on any atom is -0.326 e. The lowest BCUT2D eigenvalue weighted by atomic mass is 9.84. The molecule has 2 aliphatic rings.